The molecular formula is C28H26F6N2O3S. The van der Waals surface area contributed by atoms with E-state index in [1.807, 2.05) is 23.6 Å². The van der Waals surface area contributed by atoms with Gasteiger partial charge in [-0.25, -0.2) is 0 Å². The Bertz CT molecular complexity index is 1340. The van der Waals surface area contributed by atoms with Gasteiger partial charge in [0.05, 0.1) is 24.3 Å². The lowest BCUT2D eigenvalue weighted by Gasteiger charge is -2.37. The number of hydrogen-bond acceptors (Lipinski definition) is 4. The number of carbonyl (C=O) groups is 2. The first-order chi connectivity index (χ1) is 18.8. The topological polar surface area (TPSA) is 49.9 Å². The number of ether oxygens (including phenoxy) is 1. The third kappa shape index (κ3) is 6.27. The normalized spacial score (nSPS) is 15.5. The zero-order chi connectivity index (χ0) is 29.2. The van der Waals surface area contributed by atoms with Crippen LogP contribution in [0.3, 0.4) is 0 Å². The molecule has 12 heteroatoms. The zero-order valence-electron chi connectivity index (χ0n) is 21.6. The maximum Gasteiger partial charge on any atom is 0.416 e. The van der Waals surface area contributed by atoms with E-state index in [0.717, 1.165) is 20.9 Å². The molecule has 0 bridgehead atoms. The fourth-order valence-electron chi connectivity index (χ4n) is 4.77. The van der Waals surface area contributed by atoms with Gasteiger partial charge >= 0.3 is 12.4 Å². The minimum Gasteiger partial charge on any atom is -0.497 e. The van der Waals surface area contributed by atoms with E-state index < -0.39 is 53.4 Å². The van der Waals surface area contributed by atoms with E-state index in [2.05, 4.69) is 0 Å². The lowest BCUT2D eigenvalue weighted by atomic mass is 9.93. The van der Waals surface area contributed by atoms with Crippen LogP contribution in [0.1, 0.15) is 56.9 Å². The Morgan fingerprint density at radius 3 is 2.17 bits per heavy atom. The van der Waals surface area contributed by atoms with Crippen molar-refractivity contribution in [1.82, 2.24) is 9.80 Å². The number of rotatable bonds is 7. The number of fused-ring (bicyclic) bond motifs is 1. The Balaban J connectivity index is 1.66. The minimum absolute atomic E-state index is 0.0300. The Morgan fingerprint density at radius 1 is 1.00 bits per heavy atom. The van der Waals surface area contributed by atoms with Crippen LogP contribution in [0.4, 0.5) is 26.3 Å². The van der Waals surface area contributed by atoms with Gasteiger partial charge in [0.25, 0.3) is 5.91 Å². The molecule has 0 N–H and O–H groups in total. The van der Waals surface area contributed by atoms with Crippen LogP contribution in [0.25, 0.3) is 0 Å². The summed E-state index contributed by atoms with van der Waals surface area (Å²) in [6.45, 7) is 1.49. The monoisotopic (exact) mass is 584 g/mol. The summed E-state index contributed by atoms with van der Waals surface area (Å²) in [7, 11) is 1.53. The summed E-state index contributed by atoms with van der Waals surface area (Å²) in [4.78, 5) is 30.7. The van der Waals surface area contributed by atoms with Crippen LogP contribution in [0, 0.1) is 0 Å². The molecule has 2 amide bonds. The molecule has 0 radical (unpaired) electrons. The maximum atomic E-state index is 13.7. The highest BCUT2D eigenvalue weighted by atomic mass is 32.1. The molecule has 1 aliphatic rings. The molecule has 0 saturated heterocycles. The van der Waals surface area contributed by atoms with Gasteiger partial charge in [-0.05, 0) is 65.7 Å². The molecule has 5 nitrogen and oxygen atoms in total. The lowest BCUT2D eigenvalue weighted by Crippen LogP contribution is -2.47. The highest BCUT2D eigenvalue weighted by Gasteiger charge is 2.39. The molecule has 1 aliphatic heterocycles. The first kappa shape index (κ1) is 29.4. The second-order valence-corrected chi connectivity index (χ2v) is 10.3. The standard InChI is InChI=1S/C28H26F6N2O3S/c1-3-10-35(26(38)18-13-19(27(29,30)31)15-20(14-18)28(32,33)34)16-24(37)36-11-8-23-22(9-12-40-23)25(36)17-4-6-21(39-2)7-5-17/h4-7,9,12-15,25H,3,8,10-11,16H2,1-2H3/t25-/m1/s1. The average Bonchev–Trinajstić information content (AvgIpc) is 3.39. The molecule has 214 valence electrons. The first-order valence-electron chi connectivity index (χ1n) is 12.4. The van der Waals surface area contributed by atoms with Crippen molar-refractivity contribution in [2.45, 2.75) is 38.2 Å². The molecule has 0 unspecified atom stereocenters. The SMILES string of the molecule is CCCN(CC(=O)N1CCc2sccc2[C@H]1c1ccc(OC)cc1)C(=O)c1cc(C(F)(F)F)cc(C(F)(F)F)c1. The molecule has 1 aromatic heterocycles. The number of methoxy groups -OCH3 is 1. The van der Waals surface area contributed by atoms with Gasteiger partial charge in [-0.3, -0.25) is 9.59 Å². The van der Waals surface area contributed by atoms with Crippen molar-refractivity contribution >= 4 is 23.2 Å². The molecule has 1 atom stereocenters. The Hall–Kier alpha value is -3.54. The van der Waals surface area contributed by atoms with E-state index in [1.54, 1.807) is 35.3 Å². The predicted octanol–water partition coefficient (Wildman–Crippen LogP) is 6.82. The lowest BCUT2D eigenvalue weighted by molar-refractivity contribution is -0.143. The summed E-state index contributed by atoms with van der Waals surface area (Å²) in [5.74, 6) is -0.925. The van der Waals surface area contributed by atoms with Crippen molar-refractivity contribution in [3.63, 3.8) is 0 Å². The Kier molecular flexibility index (Phi) is 8.48. The van der Waals surface area contributed by atoms with E-state index in [-0.39, 0.29) is 12.6 Å². The van der Waals surface area contributed by atoms with Gasteiger partial charge in [0.2, 0.25) is 5.91 Å². The van der Waals surface area contributed by atoms with Crippen molar-refractivity contribution in [1.29, 1.82) is 0 Å². The van der Waals surface area contributed by atoms with E-state index in [4.69, 9.17) is 4.74 Å². The van der Waals surface area contributed by atoms with Crippen LogP contribution in [0.15, 0.2) is 53.9 Å². The molecule has 40 heavy (non-hydrogen) atoms. The molecule has 2 heterocycles. The molecule has 4 rings (SSSR count). The molecule has 0 saturated carbocycles. The predicted molar refractivity (Wildman–Crippen MR) is 137 cm³/mol. The number of nitrogens with zero attached hydrogens (tertiary/aromatic N) is 2. The Morgan fingerprint density at radius 2 is 1.62 bits per heavy atom. The number of hydrogen-bond donors (Lipinski definition) is 0. The van der Waals surface area contributed by atoms with Gasteiger partial charge in [0.1, 0.15) is 12.3 Å². The van der Waals surface area contributed by atoms with Gasteiger partial charge in [-0.15, -0.1) is 11.3 Å². The summed E-state index contributed by atoms with van der Waals surface area (Å²) in [6, 6.07) is 9.38. The van der Waals surface area contributed by atoms with Crippen LogP contribution >= 0.6 is 11.3 Å². The van der Waals surface area contributed by atoms with Crippen LogP contribution in [0.2, 0.25) is 0 Å². The molecule has 3 aromatic rings. The maximum absolute atomic E-state index is 13.7. The van der Waals surface area contributed by atoms with Crippen LogP contribution < -0.4 is 4.74 Å². The highest BCUT2D eigenvalue weighted by Crippen LogP contribution is 2.39. The summed E-state index contributed by atoms with van der Waals surface area (Å²) in [6.07, 6.45) is -9.28. The van der Waals surface area contributed by atoms with Gasteiger partial charge in [-0.1, -0.05) is 19.1 Å². The molecule has 0 aliphatic carbocycles. The van der Waals surface area contributed by atoms with E-state index in [9.17, 15) is 35.9 Å². The minimum atomic E-state index is -5.10. The second kappa shape index (κ2) is 11.5. The summed E-state index contributed by atoms with van der Waals surface area (Å²) < 4.78 is 85.6. The number of amides is 2. The molecule has 0 spiro atoms. The quantitative estimate of drug-likeness (QED) is 0.287. The van der Waals surface area contributed by atoms with Gasteiger partial charge < -0.3 is 14.5 Å². The zero-order valence-corrected chi connectivity index (χ0v) is 22.4. The van der Waals surface area contributed by atoms with Crippen molar-refractivity contribution in [2.24, 2.45) is 0 Å². The first-order valence-corrected chi connectivity index (χ1v) is 13.3. The fourth-order valence-corrected chi connectivity index (χ4v) is 5.67. The van der Waals surface area contributed by atoms with E-state index in [0.29, 0.717) is 37.3 Å². The molecular weight excluding hydrogens is 558 g/mol. The highest BCUT2D eigenvalue weighted by molar-refractivity contribution is 7.10. The van der Waals surface area contributed by atoms with E-state index >= 15 is 0 Å². The molecule has 0 fully saturated rings. The fraction of sp³-hybridized carbons (Fsp3) is 0.357. The van der Waals surface area contributed by atoms with E-state index in [1.165, 1.54) is 7.11 Å². The number of thiophene rings is 1. The van der Waals surface area contributed by atoms with Crippen LogP contribution in [-0.2, 0) is 23.6 Å². The largest absolute Gasteiger partial charge is 0.497 e. The van der Waals surface area contributed by atoms with Gasteiger partial charge in [0.15, 0.2) is 0 Å². The summed E-state index contributed by atoms with van der Waals surface area (Å²) in [5.41, 5.74) is -2.23. The van der Waals surface area contributed by atoms with Crippen LogP contribution in [-0.4, -0.2) is 48.4 Å². The third-order valence-electron chi connectivity index (χ3n) is 6.66. The summed E-state index contributed by atoms with van der Waals surface area (Å²) >= 11 is 1.56. The second-order valence-electron chi connectivity index (χ2n) is 9.33. The van der Waals surface area contributed by atoms with Crippen molar-refractivity contribution < 1.29 is 40.7 Å². The van der Waals surface area contributed by atoms with Crippen molar-refractivity contribution in [3.8, 4) is 5.75 Å². The number of halogens is 6. The Labute approximate surface area is 231 Å². The number of alkyl halides is 6. The molecule has 2 aromatic carbocycles. The van der Waals surface area contributed by atoms with Crippen molar-refractivity contribution in [2.75, 3.05) is 26.7 Å². The number of benzene rings is 2. The third-order valence-corrected chi connectivity index (χ3v) is 7.66. The number of carbonyl (C=O) groups excluding carboxylic acids is 2. The smallest absolute Gasteiger partial charge is 0.416 e. The van der Waals surface area contributed by atoms with Gasteiger partial charge in [-0.2, -0.15) is 26.3 Å². The average molecular weight is 585 g/mol. The summed E-state index contributed by atoms with van der Waals surface area (Å²) in [5, 5.41) is 1.92. The van der Waals surface area contributed by atoms with Crippen molar-refractivity contribution in [3.05, 3.63) is 86.6 Å². The van der Waals surface area contributed by atoms with Gasteiger partial charge in [0, 0.05) is 23.5 Å². The van der Waals surface area contributed by atoms with Crippen LogP contribution in [0.5, 0.6) is 5.75 Å².